The van der Waals surface area contributed by atoms with Gasteiger partial charge in [0, 0.05) is 11.9 Å². The van der Waals surface area contributed by atoms with E-state index >= 15 is 0 Å². The van der Waals surface area contributed by atoms with Crippen molar-refractivity contribution >= 4 is 28.6 Å². The highest BCUT2D eigenvalue weighted by Gasteiger charge is 2.00. The molecule has 0 aliphatic carbocycles. The number of halogens is 1. The Morgan fingerprint density at radius 1 is 1.23 bits per heavy atom. The molecule has 0 radical (unpaired) electrons. The van der Waals surface area contributed by atoms with Gasteiger partial charge in [-0.15, -0.1) is 11.3 Å². The van der Waals surface area contributed by atoms with Crippen molar-refractivity contribution in [3.05, 3.63) is 33.6 Å². The summed E-state index contributed by atoms with van der Waals surface area (Å²) in [5, 5.41) is 2.10. The quantitative estimate of drug-likeness (QED) is 0.514. The first-order chi connectivity index (χ1) is 10.5. The van der Waals surface area contributed by atoms with Gasteiger partial charge in [-0.1, -0.05) is 72.6 Å². The molecule has 0 bridgehead atoms. The van der Waals surface area contributed by atoms with Crippen LogP contribution in [0.4, 0.5) is 0 Å². The lowest BCUT2D eigenvalue weighted by atomic mass is 10.1. The lowest BCUT2D eigenvalue weighted by molar-refractivity contribution is 0.872. The van der Waals surface area contributed by atoms with E-state index in [1.54, 1.807) is 11.3 Å². The number of thiophene rings is 1. The number of allylic oxidation sites excluding steroid dienone is 1. The lowest BCUT2D eigenvalue weighted by Crippen LogP contribution is -1.96. The molecule has 1 aromatic rings. The molecule has 128 valence electrons. The van der Waals surface area contributed by atoms with E-state index in [4.69, 9.17) is 11.6 Å². The van der Waals surface area contributed by atoms with Crippen molar-refractivity contribution < 1.29 is 0 Å². The van der Waals surface area contributed by atoms with Gasteiger partial charge in [-0.05, 0) is 42.2 Å². The molecular formula is C19H34ClNS. The molecule has 0 aromatic carbocycles. The highest BCUT2D eigenvalue weighted by molar-refractivity contribution is 7.14. The standard InChI is InChI=1S/C7H9ClS.C7H11N.C3H8.C2H6/c1-5(2)6-3-7(8)9-4-6;1-2-7-5-3-4-6-8-7;1-3-2;1-2/h3-5H,1-2H3;4,6H,2-3,5H2,1H3;3H2,1-2H3;1-2H3. The molecule has 0 N–H and O–H groups in total. The first-order valence-electron chi connectivity index (χ1n) is 8.49. The summed E-state index contributed by atoms with van der Waals surface area (Å²) in [7, 11) is 0. The third-order valence-electron chi connectivity index (χ3n) is 2.62. The van der Waals surface area contributed by atoms with Gasteiger partial charge >= 0.3 is 0 Å². The molecule has 0 spiro atoms. The van der Waals surface area contributed by atoms with Crippen LogP contribution in [0.15, 0.2) is 28.7 Å². The predicted molar refractivity (Wildman–Crippen MR) is 107 cm³/mol. The molecule has 3 heteroatoms. The Bertz CT molecular complexity index is 405. The molecule has 2 heterocycles. The van der Waals surface area contributed by atoms with Gasteiger partial charge in [-0.3, -0.25) is 4.99 Å². The zero-order valence-electron chi connectivity index (χ0n) is 15.4. The minimum Gasteiger partial charge on any atom is -0.266 e. The van der Waals surface area contributed by atoms with Crippen molar-refractivity contribution in [3.8, 4) is 0 Å². The van der Waals surface area contributed by atoms with Crippen LogP contribution in [0.3, 0.4) is 0 Å². The highest BCUT2D eigenvalue weighted by atomic mass is 35.5. The first kappa shape index (κ1) is 23.7. The molecule has 1 aromatic heterocycles. The minimum absolute atomic E-state index is 0.605. The van der Waals surface area contributed by atoms with E-state index in [1.807, 2.05) is 26.1 Å². The molecule has 0 saturated heterocycles. The summed E-state index contributed by atoms with van der Waals surface area (Å²) in [6, 6.07) is 2.02. The maximum atomic E-state index is 5.72. The van der Waals surface area contributed by atoms with Gasteiger partial charge in [0.25, 0.3) is 0 Å². The molecule has 1 nitrogen and oxygen atoms in total. The third-order valence-corrected chi connectivity index (χ3v) is 3.73. The van der Waals surface area contributed by atoms with Gasteiger partial charge < -0.3 is 0 Å². The lowest BCUT2D eigenvalue weighted by Gasteiger charge is -2.01. The first-order valence-corrected chi connectivity index (χ1v) is 9.75. The van der Waals surface area contributed by atoms with Crippen molar-refractivity contribution in [1.82, 2.24) is 0 Å². The molecule has 0 saturated carbocycles. The number of hydrogen-bond donors (Lipinski definition) is 0. The molecule has 0 fully saturated rings. The topological polar surface area (TPSA) is 12.4 Å². The van der Waals surface area contributed by atoms with Crippen LogP contribution < -0.4 is 0 Å². The van der Waals surface area contributed by atoms with Crippen LogP contribution in [0.2, 0.25) is 4.34 Å². The van der Waals surface area contributed by atoms with Crippen molar-refractivity contribution in [2.24, 2.45) is 4.99 Å². The van der Waals surface area contributed by atoms with Gasteiger partial charge in [-0.25, -0.2) is 0 Å². The fraction of sp³-hybridized carbons (Fsp3) is 0.632. The highest BCUT2D eigenvalue weighted by Crippen LogP contribution is 2.25. The largest absolute Gasteiger partial charge is 0.266 e. The number of aliphatic imine (C=N–C) groups is 1. The monoisotopic (exact) mass is 343 g/mol. The molecule has 0 amide bonds. The van der Waals surface area contributed by atoms with Crippen molar-refractivity contribution in [3.63, 3.8) is 0 Å². The summed E-state index contributed by atoms with van der Waals surface area (Å²) >= 11 is 7.32. The Hall–Kier alpha value is -0.600. The van der Waals surface area contributed by atoms with Gasteiger partial charge in [0.15, 0.2) is 0 Å². The van der Waals surface area contributed by atoms with Crippen LogP contribution >= 0.6 is 22.9 Å². The zero-order valence-corrected chi connectivity index (χ0v) is 17.0. The summed E-state index contributed by atoms with van der Waals surface area (Å²) in [6.07, 6.45) is 8.74. The van der Waals surface area contributed by atoms with Crippen LogP contribution in [-0.2, 0) is 0 Å². The molecule has 2 rings (SSSR count). The normalized spacial score (nSPS) is 12.1. The van der Waals surface area contributed by atoms with Crippen LogP contribution in [-0.4, -0.2) is 5.71 Å². The van der Waals surface area contributed by atoms with E-state index in [0.717, 1.165) is 10.8 Å². The SMILES string of the molecule is CC.CC(C)c1csc(Cl)c1.CCC.CCC1=NC=CCC1. The summed E-state index contributed by atoms with van der Waals surface area (Å²) < 4.78 is 0.888. The van der Waals surface area contributed by atoms with Crippen LogP contribution in [0.1, 0.15) is 85.6 Å². The molecule has 22 heavy (non-hydrogen) atoms. The number of hydrogen-bond acceptors (Lipinski definition) is 2. The van der Waals surface area contributed by atoms with Crippen LogP contribution in [0.5, 0.6) is 0 Å². The van der Waals surface area contributed by atoms with Crippen LogP contribution in [0.25, 0.3) is 0 Å². The van der Waals surface area contributed by atoms with E-state index < -0.39 is 0 Å². The van der Waals surface area contributed by atoms with Gasteiger partial charge in [0.05, 0.1) is 4.34 Å². The zero-order chi connectivity index (χ0) is 17.4. The van der Waals surface area contributed by atoms with E-state index in [9.17, 15) is 0 Å². The average Bonchev–Trinajstić information content (AvgIpc) is 2.98. The van der Waals surface area contributed by atoms with E-state index in [0.29, 0.717) is 5.92 Å². The Kier molecular flexibility index (Phi) is 18.0. The molecule has 1 aliphatic heterocycles. The molecular weight excluding hydrogens is 310 g/mol. The van der Waals surface area contributed by atoms with Gasteiger partial charge in [-0.2, -0.15) is 0 Å². The Morgan fingerprint density at radius 3 is 2.05 bits per heavy atom. The smallest absolute Gasteiger partial charge is 0.0931 e. The molecule has 0 unspecified atom stereocenters. The minimum atomic E-state index is 0.605. The van der Waals surface area contributed by atoms with E-state index in [2.05, 4.69) is 51.1 Å². The third kappa shape index (κ3) is 13.1. The Labute approximate surface area is 147 Å². The Balaban J connectivity index is 0. The van der Waals surface area contributed by atoms with Gasteiger partial charge in [0.1, 0.15) is 0 Å². The second-order valence-corrected chi connectivity index (χ2v) is 6.56. The second kappa shape index (κ2) is 16.8. The Morgan fingerprint density at radius 2 is 1.82 bits per heavy atom. The van der Waals surface area contributed by atoms with Crippen molar-refractivity contribution in [2.75, 3.05) is 0 Å². The molecule has 0 atom stereocenters. The second-order valence-electron chi connectivity index (χ2n) is 5.02. The fourth-order valence-electron chi connectivity index (χ4n) is 1.44. The summed E-state index contributed by atoms with van der Waals surface area (Å²) in [5.74, 6) is 0.605. The van der Waals surface area contributed by atoms with E-state index in [-0.39, 0.29) is 0 Å². The summed E-state index contributed by atoms with van der Waals surface area (Å²) in [4.78, 5) is 4.18. The van der Waals surface area contributed by atoms with Crippen molar-refractivity contribution in [1.29, 1.82) is 0 Å². The summed E-state index contributed by atoms with van der Waals surface area (Å²) in [6.45, 7) is 14.7. The number of rotatable bonds is 2. The number of nitrogens with zero attached hydrogens (tertiary/aromatic N) is 1. The average molecular weight is 344 g/mol. The summed E-state index contributed by atoms with van der Waals surface area (Å²) in [5.41, 5.74) is 2.68. The molecule has 1 aliphatic rings. The predicted octanol–water partition coefficient (Wildman–Crippen LogP) is 8.11. The fourth-order valence-corrected chi connectivity index (χ4v) is 2.49. The van der Waals surface area contributed by atoms with E-state index in [1.165, 1.54) is 30.5 Å². The van der Waals surface area contributed by atoms with Crippen LogP contribution in [0, 0.1) is 0 Å². The van der Waals surface area contributed by atoms with Gasteiger partial charge in [0.2, 0.25) is 0 Å². The van der Waals surface area contributed by atoms with Crippen molar-refractivity contribution in [2.45, 2.75) is 80.1 Å². The maximum Gasteiger partial charge on any atom is 0.0931 e. The maximum absolute atomic E-state index is 5.72.